The zero-order valence-corrected chi connectivity index (χ0v) is 15.2. The minimum atomic E-state index is -0.286. The number of hydrogen-bond donors (Lipinski definition) is 0. The van der Waals surface area contributed by atoms with Crippen molar-refractivity contribution in [3.05, 3.63) is 35.9 Å². The first-order valence-electron chi connectivity index (χ1n) is 7.21. The van der Waals surface area contributed by atoms with Crippen LogP contribution in [0.2, 0.25) is 5.15 Å². The van der Waals surface area contributed by atoms with Gasteiger partial charge in [0.05, 0.1) is 18.1 Å². The van der Waals surface area contributed by atoms with Gasteiger partial charge in [0, 0.05) is 12.7 Å². The van der Waals surface area contributed by atoms with Gasteiger partial charge < -0.3 is 9.74 Å². The Labute approximate surface area is 149 Å². The van der Waals surface area contributed by atoms with Crippen molar-refractivity contribution in [2.45, 2.75) is 13.8 Å². The number of aromatic nitrogens is 3. The van der Waals surface area contributed by atoms with E-state index in [1.807, 2.05) is 19.2 Å². The van der Waals surface area contributed by atoms with E-state index in [0.717, 1.165) is 5.69 Å². The van der Waals surface area contributed by atoms with E-state index in [0.29, 0.717) is 18.2 Å². The van der Waals surface area contributed by atoms with E-state index in [4.69, 9.17) is 16.4 Å². The van der Waals surface area contributed by atoms with E-state index in [9.17, 15) is 4.79 Å². The summed E-state index contributed by atoms with van der Waals surface area (Å²) in [7, 11) is 0. The summed E-state index contributed by atoms with van der Waals surface area (Å²) < 4.78 is 1.58. The lowest BCUT2D eigenvalue weighted by atomic mass is 10.3. The van der Waals surface area contributed by atoms with Crippen LogP contribution in [0.3, 0.4) is 0 Å². The van der Waals surface area contributed by atoms with E-state index in [-0.39, 0.29) is 16.8 Å². The van der Waals surface area contributed by atoms with Crippen LogP contribution in [-0.2, 0) is 9.63 Å². The van der Waals surface area contributed by atoms with E-state index >= 15 is 0 Å². The van der Waals surface area contributed by atoms with Crippen LogP contribution in [0.5, 0.6) is 0 Å². The molecule has 2 heterocycles. The van der Waals surface area contributed by atoms with Crippen molar-refractivity contribution in [1.82, 2.24) is 14.8 Å². The third kappa shape index (κ3) is 4.27. The van der Waals surface area contributed by atoms with Gasteiger partial charge in [-0.15, -0.1) is 11.8 Å². The molecule has 9 heteroatoms. The highest BCUT2D eigenvalue weighted by Gasteiger charge is 2.22. The molecular formula is C15H18ClN5O2S. The molecule has 0 aliphatic rings. The Morgan fingerprint density at radius 1 is 1.54 bits per heavy atom. The van der Waals surface area contributed by atoms with Gasteiger partial charge in [0.15, 0.2) is 11.1 Å². The SMILES string of the molecule is CCN(C(=O)C(C)=NOCSC)c1cn(-c2cccnc2)nc1Cl. The highest BCUT2D eigenvalue weighted by molar-refractivity contribution is 7.98. The van der Waals surface area contributed by atoms with Crippen LogP contribution in [0.4, 0.5) is 5.69 Å². The molecule has 2 aromatic rings. The Kier molecular flexibility index (Phi) is 6.62. The molecule has 24 heavy (non-hydrogen) atoms. The summed E-state index contributed by atoms with van der Waals surface area (Å²) in [5, 5.41) is 8.30. The number of amides is 1. The summed E-state index contributed by atoms with van der Waals surface area (Å²) in [6.45, 7) is 3.88. The van der Waals surface area contributed by atoms with E-state index in [1.54, 1.807) is 36.3 Å². The van der Waals surface area contributed by atoms with Gasteiger partial charge in [0.2, 0.25) is 0 Å². The fraction of sp³-hybridized carbons (Fsp3) is 0.333. The Morgan fingerprint density at radius 2 is 2.33 bits per heavy atom. The third-order valence-electron chi connectivity index (χ3n) is 3.10. The van der Waals surface area contributed by atoms with Crippen molar-refractivity contribution in [1.29, 1.82) is 0 Å². The normalized spacial score (nSPS) is 11.4. The number of halogens is 1. The highest BCUT2D eigenvalue weighted by Crippen LogP contribution is 2.26. The summed E-state index contributed by atoms with van der Waals surface area (Å²) in [6.07, 6.45) is 6.91. The number of oxime groups is 1. The van der Waals surface area contributed by atoms with E-state index in [2.05, 4.69) is 15.2 Å². The Balaban J connectivity index is 2.26. The summed E-state index contributed by atoms with van der Waals surface area (Å²) >= 11 is 7.70. The molecule has 0 N–H and O–H groups in total. The van der Waals surface area contributed by atoms with Crippen LogP contribution in [-0.4, -0.2) is 45.1 Å². The monoisotopic (exact) mass is 367 g/mol. The molecule has 0 radical (unpaired) electrons. The molecule has 0 atom stereocenters. The first-order valence-corrected chi connectivity index (χ1v) is 8.98. The van der Waals surface area contributed by atoms with Crippen LogP contribution in [0.1, 0.15) is 13.8 Å². The first kappa shape index (κ1) is 18.3. The van der Waals surface area contributed by atoms with Gasteiger partial charge in [-0.2, -0.15) is 5.10 Å². The zero-order valence-electron chi connectivity index (χ0n) is 13.6. The van der Waals surface area contributed by atoms with Crippen molar-refractivity contribution in [3.8, 4) is 5.69 Å². The summed E-state index contributed by atoms with van der Waals surface area (Å²) in [5.74, 6) is 0.0995. The maximum Gasteiger partial charge on any atom is 0.275 e. The molecule has 7 nitrogen and oxygen atoms in total. The maximum absolute atomic E-state index is 12.6. The number of thioether (sulfide) groups is 1. The number of pyridine rings is 1. The predicted molar refractivity (Wildman–Crippen MR) is 97.0 cm³/mol. The molecule has 0 fully saturated rings. The maximum atomic E-state index is 12.6. The third-order valence-corrected chi connectivity index (χ3v) is 3.71. The van der Waals surface area contributed by atoms with Gasteiger partial charge in [-0.25, -0.2) is 4.68 Å². The van der Waals surface area contributed by atoms with Gasteiger partial charge in [0.1, 0.15) is 11.4 Å². The van der Waals surface area contributed by atoms with Crippen LogP contribution >= 0.6 is 23.4 Å². The van der Waals surface area contributed by atoms with E-state index in [1.165, 1.54) is 16.7 Å². The van der Waals surface area contributed by atoms with Gasteiger partial charge in [-0.3, -0.25) is 9.78 Å². The summed E-state index contributed by atoms with van der Waals surface area (Å²) in [4.78, 5) is 23.2. The zero-order chi connectivity index (χ0) is 17.5. The molecule has 0 saturated carbocycles. The molecule has 2 rings (SSSR count). The average Bonchev–Trinajstić information content (AvgIpc) is 2.98. The number of rotatable bonds is 7. The summed E-state index contributed by atoms with van der Waals surface area (Å²) in [6, 6.07) is 3.65. The molecule has 0 aromatic carbocycles. The summed E-state index contributed by atoms with van der Waals surface area (Å²) in [5.41, 5.74) is 1.51. The molecule has 0 aliphatic carbocycles. The molecule has 0 spiro atoms. The molecule has 0 bridgehead atoms. The smallest absolute Gasteiger partial charge is 0.275 e. The lowest BCUT2D eigenvalue weighted by Gasteiger charge is -2.18. The van der Waals surface area contributed by atoms with Gasteiger partial charge >= 0.3 is 0 Å². The molecule has 128 valence electrons. The largest absolute Gasteiger partial charge is 0.384 e. The molecule has 0 aliphatic heterocycles. The number of carbonyl (C=O) groups excluding carboxylic acids is 1. The van der Waals surface area contributed by atoms with Crippen molar-refractivity contribution >= 4 is 40.7 Å². The van der Waals surface area contributed by atoms with Crippen molar-refractivity contribution in [2.75, 3.05) is 23.6 Å². The van der Waals surface area contributed by atoms with Crippen LogP contribution in [0, 0.1) is 0 Å². The second kappa shape index (κ2) is 8.70. The van der Waals surface area contributed by atoms with Gasteiger partial charge in [-0.05, 0) is 32.2 Å². The second-order valence-electron chi connectivity index (χ2n) is 4.72. The van der Waals surface area contributed by atoms with Gasteiger partial charge in [-0.1, -0.05) is 16.8 Å². The molecule has 0 unspecified atom stereocenters. The topological polar surface area (TPSA) is 72.6 Å². The fourth-order valence-corrected chi connectivity index (χ4v) is 2.37. The quantitative estimate of drug-likeness (QED) is 0.325. The first-order chi connectivity index (χ1) is 11.6. The Morgan fingerprint density at radius 3 is 2.96 bits per heavy atom. The van der Waals surface area contributed by atoms with Crippen molar-refractivity contribution in [2.24, 2.45) is 5.16 Å². The van der Waals surface area contributed by atoms with Crippen molar-refractivity contribution < 1.29 is 9.63 Å². The fourth-order valence-electron chi connectivity index (χ4n) is 1.98. The standard InChI is InChI=1S/C15H18ClN5O2S/c1-4-20(15(22)11(2)19-23-10-24-3)13-9-21(18-14(13)16)12-6-5-7-17-8-12/h5-9H,4,10H2,1-3H3. The molecule has 1 amide bonds. The number of hydrogen-bond acceptors (Lipinski definition) is 6. The number of nitrogens with zero attached hydrogens (tertiary/aromatic N) is 5. The second-order valence-corrected chi connectivity index (χ2v) is 5.89. The molecule has 2 aromatic heterocycles. The lowest BCUT2D eigenvalue weighted by molar-refractivity contribution is -0.112. The van der Waals surface area contributed by atoms with Crippen LogP contribution in [0.25, 0.3) is 5.69 Å². The van der Waals surface area contributed by atoms with Gasteiger partial charge in [0.25, 0.3) is 5.91 Å². The predicted octanol–water partition coefficient (Wildman–Crippen LogP) is 2.99. The van der Waals surface area contributed by atoms with Crippen LogP contribution < -0.4 is 4.90 Å². The van der Waals surface area contributed by atoms with E-state index < -0.39 is 0 Å². The van der Waals surface area contributed by atoms with Crippen LogP contribution in [0.15, 0.2) is 35.9 Å². The molecular weight excluding hydrogens is 350 g/mol. The Bertz CT molecular complexity index is 720. The molecule has 0 saturated heterocycles. The lowest BCUT2D eigenvalue weighted by Crippen LogP contribution is -2.35. The number of carbonyl (C=O) groups is 1. The average molecular weight is 368 g/mol. The number of anilines is 1. The minimum Gasteiger partial charge on any atom is -0.384 e. The highest BCUT2D eigenvalue weighted by atomic mass is 35.5. The van der Waals surface area contributed by atoms with Crippen molar-refractivity contribution in [3.63, 3.8) is 0 Å². The Hall–Kier alpha value is -2.06. The minimum absolute atomic E-state index is 0.229.